The maximum atomic E-state index is 12.3. The molecule has 1 unspecified atom stereocenters. The van der Waals surface area contributed by atoms with Gasteiger partial charge in [-0.2, -0.15) is 4.31 Å². The van der Waals surface area contributed by atoms with Crippen LogP contribution < -0.4 is 5.73 Å². The Morgan fingerprint density at radius 3 is 2.76 bits per heavy atom. The first-order valence-corrected chi connectivity index (χ1v) is 7.47. The lowest BCUT2D eigenvalue weighted by Gasteiger charge is -2.21. The van der Waals surface area contributed by atoms with Crippen LogP contribution in [0.5, 0.6) is 0 Å². The van der Waals surface area contributed by atoms with Crippen LogP contribution in [0, 0.1) is 6.92 Å². The van der Waals surface area contributed by atoms with E-state index in [1.807, 2.05) is 0 Å². The number of hydrogen-bond donors (Lipinski definition) is 1. The summed E-state index contributed by atoms with van der Waals surface area (Å²) >= 11 is 1.00. The highest BCUT2D eigenvalue weighted by atomic mass is 32.2. The summed E-state index contributed by atoms with van der Waals surface area (Å²) < 4.78 is 31.5. The lowest BCUT2D eigenvalue weighted by molar-refractivity contribution is 0.181. The van der Waals surface area contributed by atoms with Crippen LogP contribution in [0.2, 0.25) is 0 Å². The smallest absolute Gasteiger partial charge is 0.254 e. The van der Waals surface area contributed by atoms with E-state index in [-0.39, 0.29) is 15.4 Å². The summed E-state index contributed by atoms with van der Waals surface area (Å²) in [5.41, 5.74) is 5.99. The Balaban J connectivity index is 2.32. The van der Waals surface area contributed by atoms with Crippen molar-refractivity contribution in [3.63, 3.8) is 0 Å². The molecular formula is C9H15N3O3S2. The van der Waals surface area contributed by atoms with Crippen LogP contribution in [0.1, 0.15) is 12.1 Å². The van der Waals surface area contributed by atoms with Gasteiger partial charge >= 0.3 is 0 Å². The summed E-state index contributed by atoms with van der Waals surface area (Å²) in [4.78, 5) is 3.95. The Morgan fingerprint density at radius 1 is 1.59 bits per heavy atom. The van der Waals surface area contributed by atoms with Gasteiger partial charge in [-0.25, -0.2) is 13.4 Å². The van der Waals surface area contributed by atoms with Gasteiger partial charge in [0, 0.05) is 13.7 Å². The molecule has 1 fully saturated rings. The van der Waals surface area contributed by atoms with E-state index in [1.54, 1.807) is 14.0 Å². The third kappa shape index (κ3) is 2.30. The first kappa shape index (κ1) is 12.7. The van der Waals surface area contributed by atoms with Crippen molar-refractivity contribution in [1.29, 1.82) is 0 Å². The second-order valence-corrected chi connectivity index (χ2v) is 7.19. The SMILES string of the molecule is Cc1nc(N)sc1S(=O)(=O)N(C)C1CCOC1. The van der Waals surface area contributed by atoms with Crippen molar-refractivity contribution >= 4 is 26.5 Å². The molecule has 96 valence electrons. The summed E-state index contributed by atoms with van der Waals surface area (Å²) in [6, 6.07) is -0.0947. The van der Waals surface area contributed by atoms with Gasteiger partial charge in [0.25, 0.3) is 10.0 Å². The van der Waals surface area contributed by atoms with Crippen LogP contribution in [0.25, 0.3) is 0 Å². The average molecular weight is 277 g/mol. The average Bonchev–Trinajstić information content (AvgIpc) is 2.86. The molecular weight excluding hydrogens is 262 g/mol. The number of nitrogen functional groups attached to an aromatic ring is 1. The highest BCUT2D eigenvalue weighted by molar-refractivity contribution is 7.91. The fourth-order valence-electron chi connectivity index (χ4n) is 1.78. The van der Waals surface area contributed by atoms with Crippen molar-refractivity contribution in [2.75, 3.05) is 26.0 Å². The van der Waals surface area contributed by atoms with E-state index in [0.29, 0.717) is 18.9 Å². The van der Waals surface area contributed by atoms with Crippen molar-refractivity contribution in [2.24, 2.45) is 0 Å². The molecule has 1 aromatic rings. The van der Waals surface area contributed by atoms with E-state index < -0.39 is 10.0 Å². The lowest BCUT2D eigenvalue weighted by Crippen LogP contribution is -2.37. The van der Waals surface area contributed by atoms with Crippen molar-refractivity contribution in [3.8, 4) is 0 Å². The number of sulfonamides is 1. The van der Waals surface area contributed by atoms with Gasteiger partial charge in [-0.3, -0.25) is 0 Å². The Labute approximate surface area is 104 Å². The number of hydrogen-bond acceptors (Lipinski definition) is 6. The molecule has 1 atom stereocenters. The van der Waals surface area contributed by atoms with Crippen LogP contribution in [0.15, 0.2) is 4.21 Å². The Hall–Kier alpha value is -0.700. The minimum absolute atomic E-state index is 0.0947. The standard InChI is InChI=1S/C9H15N3O3S2/c1-6-8(16-9(10)11-6)17(13,14)12(2)7-3-4-15-5-7/h7H,3-5H2,1-2H3,(H2,10,11). The number of thiazole rings is 1. The van der Waals surface area contributed by atoms with Gasteiger partial charge in [-0.05, 0) is 13.3 Å². The van der Waals surface area contributed by atoms with Crippen molar-refractivity contribution < 1.29 is 13.2 Å². The van der Waals surface area contributed by atoms with Gasteiger partial charge < -0.3 is 10.5 Å². The quantitative estimate of drug-likeness (QED) is 0.866. The molecule has 6 nitrogen and oxygen atoms in total. The predicted octanol–water partition coefficient (Wildman–Crippen LogP) is 0.443. The van der Waals surface area contributed by atoms with E-state index in [4.69, 9.17) is 10.5 Å². The third-order valence-corrected chi connectivity index (χ3v) is 6.29. The molecule has 0 radical (unpaired) electrons. The van der Waals surface area contributed by atoms with E-state index >= 15 is 0 Å². The number of nitrogens with two attached hydrogens (primary N) is 1. The second kappa shape index (κ2) is 4.52. The zero-order valence-electron chi connectivity index (χ0n) is 9.71. The number of likely N-dealkylation sites (N-methyl/N-ethyl adjacent to an activating group) is 1. The number of ether oxygens (including phenoxy) is 1. The lowest BCUT2D eigenvalue weighted by atomic mass is 10.3. The number of nitrogens with zero attached hydrogens (tertiary/aromatic N) is 2. The normalized spacial score (nSPS) is 21.2. The van der Waals surface area contributed by atoms with E-state index in [2.05, 4.69) is 4.98 Å². The van der Waals surface area contributed by atoms with Crippen LogP contribution in [0.3, 0.4) is 0 Å². The van der Waals surface area contributed by atoms with E-state index in [1.165, 1.54) is 4.31 Å². The molecule has 2 rings (SSSR count). The van der Waals surface area contributed by atoms with Gasteiger partial charge in [-0.15, -0.1) is 0 Å². The predicted molar refractivity (Wildman–Crippen MR) is 65.4 cm³/mol. The summed E-state index contributed by atoms with van der Waals surface area (Å²) in [7, 11) is -1.93. The number of anilines is 1. The molecule has 1 aliphatic rings. The molecule has 2 N–H and O–H groups in total. The molecule has 0 aliphatic carbocycles. The van der Waals surface area contributed by atoms with Gasteiger partial charge in [0.15, 0.2) is 9.34 Å². The summed E-state index contributed by atoms with van der Waals surface area (Å²) in [6.45, 7) is 2.70. The van der Waals surface area contributed by atoms with Gasteiger partial charge in [0.2, 0.25) is 0 Å². The summed E-state index contributed by atoms with van der Waals surface area (Å²) in [5, 5.41) is 0.275. The van der Waals surface area contributed by atoms with Crippen LogP contribution in [0.4, 0.5) is 5.13 Å². The topological polar surface area (TPSA) is 85.5 Å². The zero-order valence-corrected chi connectivity index (χ0v) is 11.3. The zero-order chi connectivity index (χ0) is 12.6. The van der Waals surface area contributed by atoms with Gasteiger partial charge in [0.1, 0.15) is 0 Å². The molecule has 17 heavy (non-hydrogen) atoms. The number of aryl methyl sites for hydroxylation is 1. The molecule has 0 aromatic carbocycles. The molecule has 0 saturated carbocycles. The molecule has 8 heteroatoms. The fraction of sp³-hybridized carbons (Fsp3) is 0.667. The van der Waals surface area contributed by atoms with Crippen molar-refractivity contribution in [2.45, 2.75) is 23.6 Å². The highest BCUT2D eigenvalue weighted by Gasteiger charge is 2.33. The largest absolute Gasteiger partial charge is 0.380 e. The minimum atomic E-state index is -3.50. The minimum Gasteiger partial charge on any atom is -0.380 e. The Kier molecular flexibility index (Phi) is 3.39. The number of rotatable bonds is 3. The van der Waals surface area contributed by atoms with E-state index in [0.717, 1.165) is 17.8 Å². The molecule has 0 bridgehead atoms. The first-order valence-electron chi connectivity index (χ1n) is 5.21. The molecule has 0 amide bonds. The molecule has 0 spiro atoms. The molecule has 1 saturated heterocycles. The van der Waals surface area contributed by atoms with Crippen LogP contribution >= 0.6 is 11.3 Å². The Bertz CT molecular complexity index is 506. The Morgan fingerprint density at radius 2 is 2.29 bits per heavy atom. The molecule has 1 aromatic heterocycles. The second-order valence-electron chi connectivity index (χ2n) is 3.96. The van der Waals surface area contributed by atoms with Crippen LogP contribution in [-0.2, 0) is 14.8 Å². The van der Waals surface area contributed by atoms with Crippen molar-refractivity contribution in [1.82, 2.24) is 9.29 Å². The van der Waals surface area contributed by atoms with E-state index in [9.17, 15) is 8.42 Å². The maximum Gasteiger partial charge on any atom is 0.254 e. The van der Waals surface area contributed by atoms with Gasteiger partial charge in [-0.1, -0.05) is 11.3 Å². The van der Waals surface area contributed by atoms with Crippen LogP contribution in [-0.4, -0.2) is 44.0 Å². The summed E-state index contributed by atoms with van der Waals surface area (Å²) in [6.07, 6.45) is 0.725. The van der Waals surface area contributed by atoms with Crippen molar-refractivity contribution in [3.05, 3.63) is 5.69 Å². The fourth-order valence-corrected chi connectivity index (χ4v) is 4.61. The molecule has 2 heterocycles. The highest BCUT2D eigenvalue weighted by Crippen LogP contribution is 2.29. The maximum absolute atomic E-state index is 12.3. The summed E-state index contributed by atoms with van der Waals surface area (Å²) in [5.74, 6) is 0. The monoisotopic (exact) mass is 277 g/mol. The number of aromatic nitrogens is 1. The molecule has 1 aliphatic heterocycles. The third-order valence-electron chi connectivity index (χ3n) is 2.80. The first-order chi connectivity index (χ1) is 7.93. The van der Waals surface area contributed by atoms with Gasteiger partial charge in [0.05, 0.1) is 18.3 Å².